The zero-order valence-electron chi connectivity index (χ0n) is 18.5. The molecule has 4 aromatic rings. The number of hydrogen-bond donors (Lipinski definition) is 1. The average molecular weight is 441 g/mol. The van der Waals surface area contributed by atoms with Crippen LogP contribution in [0.25, 0.3) is 16.5 Å². The van der Waals surface area contributed by atoms with Crippen molar-refractivity contribution in [1.82, 2.24) is 15.2 Å². The summed E-state index contributed by atoms with van der Waals surface area (Å²) in [6, 6.07) is 21.3. The number of hydrazone groups is 1. The Morgan fingerprint density at radius 2 is 1.94 bits per heavy atom. The van der Waals surface area contributed by atoms with Gasteiger partial charge in [-0.05, 0) is 66.3 Å². The first-order valence-electron chi connectivity index (χ1n) is 11.2. The normalized spacial score (nSPS) is 15.6. The van der Waals surface area contributed by atoms with Gasteiger partial charge in [0.2, 0.25) is 5.91 Å². The van der Waals surface area contributed by atoms with Crippen LogP contribution in [0.15, 0.2) is 71.8 Å². The number of nitrogens with one attached hydrogen (secondary N) is 1. The van der Waals surface area contributed by atoms with Gasteiger partial charge in [0.15, 0.2) is 0 Å². The van der Waals surface area contributed by atoms with Crippen molar-refractivity contribution in [2.45, 2.75) is 38.5 Å². The summed E-state index contributed by atoms with van der Waals surface area (Å²) in [4.78, 5) is 11.3. The zero-order chi connectivity index (χ0) is 22.8. The van der Waals surface area contributed by atoms with E-state index in [-0.39, 0.29) is 17.6 Å². The summed E-state index contributed by atoms with van der Waals surface area (Å²) in [6.07, 6.45) is 5.50. The molecule has 1 heterocycles. The lowest BCUT2D eigenvalue weighted by Gasteiger charge is -2.25. The van der Waals surface area contributed by atoms with Crippen molar-refractivity contribution in [3.05, 3.63) is 95.1 Å². The third-order valence-corrected chi connectivity index (χ3v) is 6.25. The molecule has 0 spiro atoms. The van der Waals surface area contributed by atoms with Crippen molar-refractivity contribution in [3.8, 4) is 5.69 Å². The number of rotatable bonds is 5. The second-order valence-corrected chi connectivity index (χ2v) is 8.49. The van der Waals surface area contributed by atoms with Crippen LogP contribution in [0.3, 0.4) is 0 Å². The quantitative estimate of drug-likeness (QED) is 0.338. The minimum absolute atomic E-state index is 0.230. The van der Waals surface area contributed by atoms with E-state index < -0.39 is 0 Å². The predicted octanol–water partition coefficient (Wildman–Crippen LogP) is 5.30. The van der Waals surface area contributed by atoms with E-state index in [0.29, 0.717) is 0 Å². The molecule has 5 rings (SSSR count). The largest absolute Gasteiger partial charge is 0.274 e. The molecule has 1 atom stereocenters. The topological polar surface area (TPSA) is 59.3 Å². The fourth-order valence-corrected chi connectivity index (χ4v) is 4.82. The predicted molar refractivity (Wildman–Crippen MR) is 128 cm³/mol. The molecule has 1 aliphatic carbocycles. The standard InChI is InChI=1S/C27H25FN4O/c1-18(33)30-29-17-26-25-11-5-9-21(16-20-8-4-7-19-6-2-3-10-24(19)20)27(25)32(31-26)23-14-12-22(28)13-15-23/h2-4,6-8,10,12-15,17,21H,5,9,11,16H2,1H3,(H,30,33)/b29-17+. The summed E-state index contributed by atoms with van der Waals surface area (Å²) in [7, 11) is 0. The highest BCUT2D eigenvalue weighted by Gasteiger charge is 2.29. The molecular weight excluding hydrogens is 415 g/mol. The summed E-state index contributed by atoms with van der Waals surface area (Å²) in [6.45, 7) is 1.42. The molecule has 3 aromatic carbocycles. The number of hydrogen-bond acceptors (Lipinski definition) is 3. The Labute approximate surface area is 191 Å². The maximum absolute atomic E-state index is 13.6. The lowest BCUT2D eigenvalue weighted by molar-refractivity contribution is -0.118. The summed E-state index contributed by atoms with van der Waals surface area (Å²) < 4.78 is 15.5. The molecule has 1 amide bonds. The Balaban J connectivity index is 1.60. The number of benzene rings is 3. The first-order valence-corrected chi connectivity index (χ1v) is 11.2. The van der Waals surface area contributed by atoms with Gasteiger partial charge >= 0.3 is 0 Å². The second kappa shape index (κ2) is 8.98. The van der Waals surface area contributed by atoms with Crippen molar-refractivity contribution >= 4 is 22.9 Å². The molecular formula is C27H25FN4O. The van der Waals surface area contributed by atoms with Crippen LogP contribution < -0.4 is 5.43 Å². The first kappa shape index (κ1) is 21.1. The van der Waals surface area contributed by atoms with E-state index in [1.165, 1.54) is 35.4 Å². The maximum Gasteiger partial charge on any atom is 0.236 e. The number of nitrogens with zero attached hydrogens (tertiary/aromatic N) is 3. The van der Waals surface area contributed by atoms with Gasteiger partial charge in [-0.1, -0.05) is 42.5 Å². The molecule has 1 N–H and O–H groups in total. The summed E-state index contributed by atoms with van der Waals surface area (Å²) >= 11 is 0. The molecule has 0 bridgehead atoms. The number of amides is 1. The van der Waals surface area contributed by atoms with Gasteiger partial charge in [-0.2, -0.15) is 10.2 Å². The summed E-state index contributed by atoms with van der Waals surface area (Å²) in [5, 5.41) is 11.4. The van der Waals surface area contributed by atoms with Crippen LogP contribution in [-0.4, -0.2) is 21.9 Å². The minimum Gasteiger partial charge on any atom is -0.274 e. The monoisotopic (exact) mass is 440 g/mol. The fraction of sp³-hybridized carbons (Fsp3) is 0.222. The van der Waals surface area contributed by atoms with Crippen LogP contribution in [0, 0.1) is 5.82 Å². The number of fused-ring (bicyclic) bond motifs is 2. The minimum atomic E-state index is -0.278. The molecule has 0 fully saturated rings. The smallest absolute Gasteiger partial charge is 0.236 e. The third-order valence-electron chi connectivity index (χ3n) is 6.25. The molecule has 0 saturated carbocycles. The Kier molecular flexibility index (Phi) is 5.73. The molecule has 0 aliphatic heterocycles. The number of halogens is 1. The van der Waals surface area contributed by atoms with E-state index in [1.807, 2.05) is 4.68 Å². The van der Waals surface area contributed by atoms with Crippen LogP contribution >= 0.6 is 0 Å². The number of carbonyl (C=O) groups excluding carboxylic acids is 1. The van der Waals surface area contributed by atoms with E-state index in [9.17, 15) is 9.18 Å². The van der Waals surface area contributed by atoms with Crippen LogP contribution in [-0.2, 0) is 17.6 Å². The highest BCUT2D eigenvalue weighted by molar-refractivity contribution is 5.86. The van der Waals surface area contributed by atoms with E-state index in [1.54, 1.807) is 18.3 Å². The van der Waals surface area contributed by atoms with Gasteiger partial charge in [-0.15, -0.1) is 0 Å². The Hall–Kier alpha value is -3.80. The Morgan fingerprint density at radius 3 is 2.76 bits per heavy atom. The van der Waals surface area contributed by atoms with Crippen molar-refractivity contribution in [2.75, 3.05) is 0 Å². The van der Waals surface area contributed by atoms with Gasteiger partial charge in [-0.25, -0.2) is 14.5 Å². The van der Waals surface area contributed by atoms with Gasteiger partial charge in [0.05, 0.1) is 17.6 Å². The van der Waals surface area contributed by atoms with Crippen molar-refractivity contribution in [2.24, 2.45) is 5.10 Å². The molecule has 0 radical (unpaired) electrons. The molecule has 1 aromatic heterocycles. The van der Waals surface area contributed by atoms with E-state index >= 15 is 0 Å². The van der Waals surface area contributed by atoms with Crippen molar-refractivity contribution in [3.63, 3.8) is 0 Å². The fourth-order valence-electron chi connectivity index (χ4n) is 4.82. The Bertz CT molecular complexity index is 1340. The van der Waals surface area contributed by atoms with Gasteiger partial charge in [0.25, 0.3) is 0 Å². The van der Waals surface area contributed by atoms with Gasteiger partial charge in [-0.3, -0.25) is 4.79 Å². The lowest BCUT2D eigenvalue weighted by Crippen LogP contribution is -2.16. The number of aromatic nitrogens is 2. The van der Waals surface area contributed by atoms with Gasteiger partial charge in [0.1, 0.15) is 11.5 Å². The van der Waals surface area contributed by atoms with Gasteiger partial charge in [0, 0.05) is 18.4 Å². The molecule has 1 aliphatic rings. The SMILES string of the molecule is CC(=O)N/N=C/c1nn(-c2ccc(F)cc2)c2c1CCCC2Cc1cccc2ccccc12. The van der Waals surface area contributed by atoms with E-state index in [4.69, 9.17) is 5.10 Å². The van der Waals surface area contributed by atoms with Crippen LogP contribution in [0.5, 0.6) is 0 Å². The lowest BCUT2D eigenvalue weighted by atomic mass is 9.82. The van der Waals surface area contributed by atoms with Crippen LogP contribution in [0.2, 0.25) is 0 Å². The maximum atomic E-state index is 13.6. The Morgan fingerprint density at radius 1 is 1.15 bits per heavy atom. The summed E-state index contributed by atoms with van der Waals surface area (Å²) in [5.41, 5.74) is 7.62. The van der Waals surface area contributed by atoms with Crippen LogP contribution in [0.4, 0.5) is 4.39 Å². The second-order valence-electron chi connectivity index (χ2n) is 8.49. The average Bonchev–Trinajstić information content (AvgIpc) is 3.19. The van der Waals surface area contributed by atoms with E-state index in [0.717, 1.165) is 48.3 Å². The molecule has 5 nitrogen and oxygen atoms in total. The molecule has 1 unspecified atom stereocenters. The number of carbonyl (C=O) groups is 1. The van der Waals surface area contributed by atoms with Crippen molar-refractivity contribution < 1.29 is 9.18 Å². The zero-order valence-corrected chi connectivity index (χ0v) is 18.5. The summed E-state index contributed by atoms with van der Waals surface area (Å²) in [5.74, 6) is -0.244. The highest BCUT2D eigenvalue weighted by Crippen LogP contribution is 2.38. The highest BCUT2D eigenvalue weighted by atomic mass is 19.1. The molecule has 33 heavy (non-hydrogen) atoms. The first-order chi connectivity index (χ1) is 16.1. The molecule has 166 valence electrons. The van der Waals surface area contributed by atoms with Gasteiger partial charge < -0.3 is 0 Å². The third kappa shape index (κ3) is 4.29. The van der Waals surface area contributed by atoms with Crippen LogP contribution in [0.1, 0.15) is 48.2 Å². The molecule has 0 saturated heterocycles. The van der Waals surface area contributed by atoms with Crippen molar-refractivity contribution in [1.29, 1.82) is 0 Å². The van der Waals surface area contributed by atoms with E-state index in [2.05, 4.69) is 53.0 Å². The molecule has 6 heteroatoms.